The van der Waals surface area contributed by atoms with Gasteiger partial charge in [-0.3, -0.25) is 14.4 Å². The van der Waals surface area contributed by atoms with Gasteiger partial charge in [-0.1, -0.05) is 23.2 Å². The number of aryl methyl sites for hydroxylation is 3. The highest BCUT2D eigenvalue weighted by Crippen LogP contribution is 2.37. The van der Waals surface area contributed by atoms with E-state index >= 15 is 0 Å². The van der Waals surface area contributed by atoms with Crippen molar-refractivity contribution in [3.05, 3.63) is 53.1 Å². The maximum atomic E-state index is 12.4. The number of sulfonamides is 1. The molecule has 3 atom stereocenters. The standard InChI is InChI=1S/C24H35N7O3.C20H29N7O3S.C16H22ClN5O2.C10H17NO3.C8H14N2O.C6H9ClN4.C2H6O2S/c1-5-31-18(10-15-11-30(12-15)23(33)34-24(2,3)4)28-19-20(25-14-26-21(19)31)27-17-8-9-29(13-17)22(32)16-6-7-16;1-3-27-16(8-13-9-26(10-13)31(2,29)30)24-17-18(21-12-22-19(17)27)23-15-6-7-25(11-15)20(28)14-4-5-14;1-5-22-11(20-12-13(17)18-9-19-14(12)22)6-10-7-21(8-10)15(23)24-16(2,3)4;1-10(2,3)14-9(13)11-6-8(7-11)4-5-12;9-7-3-4-10(5-7)8(11)6-1-2-6;1-2-9-6-4(8)5(7)10-3-11-6;1-5(2,3)4/h14-17H,5-13H2,1-4H3,(H,25,26,27);12-15H,3-11H2,1-2H3,(H,21,22,23);9-10H,5-8H2,1-4H3;5,8H,4,6-7H2,1-3H3;6-7H,1-5,9H2;3H,2,8H2,1H3,(H,9,10,11);1-2H3/t17-;15-;;;7-;;/m00..0../s1. The molecule has 0 bridgehead atoms. The number of ether oxygens (including phenoxy) is 3. The average Bonchev–Trinajstić information content (AvgIpc) is 1.75. The number of halogens is 2. The van der Waals surface area contributed by atoms with Crippen molar-refractivity contribution < 1.29 is 64.6 Å². The van der Waals surface area contributed by atoms with Gasteiger partial charge in [0, 0.05) is 210 Å². The number of aromatic nitrogens is 14. The molecule has 3 aliphatic carbocycles. The van der Waals surface area contributed by atoms with Crippen LogP contribution in [0.2, 0.25) is 10.3 Å². The molecule has 6 amide bonds. The first-order valence-electron chi connectivity index (χ1n) is 45.2. The number of likely N-dealkylation sites (tertiary alicyclic amines) is 6. The monoisotopic (exact) mass is 1890 g/mol. The van der Waals surface area contributed by atoms with Crippen LogP contribution in [-0.2, 0) is 92.1 Å². The molecule has 130 heavy (non-hydrogen) atoms. The number of nitrogens with one attached hydrogen (secondary N) is 3. The molecule has 44 heteroatoms. The molecule has 0 radical (unpaired) electrons. The first-order chi connectivity index (χ1) is 61.3. The van der Waals surface area contributed by atoms with E-state index in [4.69, 9.17) is 58.8 Å². The number of rotatable bonds is 21. The Hall–Kier alpha value is -9.78. The smallest absolute Gasteiger partial charge is 0.410 e. The van der Waals surface area contributed by atoms with Crippen LogP contribution in [0, 0.1) is 41.4 Å². The van der Waals surface area contributed by atoms with E-state index in [1.165, 1.54) is 23.2 Å². The zero-order valence-electron chi connectivity index (χ0n) is 77.9. The Kier molecular flexibility index (Phi) is 33.5. The minimum Gasteiger partial charge on any atom is -0.444 e. The summed E-state index contributed by atoms with van der Waals surface area (Å²) in [6.45, 7) is 37.7. The van der Waals surface area contributed by atoms with E-state index in [0.717, 1.165) is 193 Å². The molecule has 7 aliphatic heterocycles. The zero-order valence-corrected chi connectivity index (χ0v) is 81.1. The fourth-order valence-electron chi connectivity index (χ4n) is 15.9. The van der Waals surface area contributed by atoms with E-state index in [-0.39, 0.29) is 59.3 Å². The van der Waals surface area contributed by atoms with Crippen LogP contribution < -0.4 is 27.4 Å². The minimum absolute atomic E-state index is 0.158. The molecule has 10 fully saturated rings. The average molecular weight is 1890 g/mol. The van der Waals surface area contributed by atoms with Crippen molar-refractivity contribution in [1.82, 2.24) is 102 Å². The third kappa shape index (κ3) is 28.4. The molecule has 14 heterocycles. The summed E-state index contributed by atoms with van der Waals surface area (Å²) in [6.07, 6.45) is 21.6. The van der Waals surface area contributed by atoms with Crippen LogP contribution in [-0.4, -0.2) is 313 Å². The number of nitrogen functional groups attached to an aromatic ring is 1. The second-order valence-electron chi connectivity index (χ2n) is 38.2. The van der Waals surface area contributed by atoms with Gasteiger partial charge in [0.15, 0.2) is 55.7 Å². The lowest BCUT2D eigenvalue weighted by Crippen LogP contribution is -2.52. The summed E-state index contributed by atoms with van der Waals surface area (Å²) < 4.78 is 66.3. The molecule has 17 rings (SSSR count). The Morgan fingerprint density at radius 2 is 0.777 bits per heavy atom. The van der Waals surface area contributed by atoms with E-state index in [1.54, 1.807) is 27.4 Å². The fourth-order valence-corrected chi connectivity index (χ4v) is 17.2. The van der Waals surface area contributed by atoms with Crippen molar-refractivity contribution in [2.75, 3.05) is 139 Å². The van der Waals surface area contributed by atoms with Crippen LogP contribution in [0.3, 0.4) is 0 Å². The zero-order chi connectivity index (χ0) is 94.6. The minimum atomic E-state index is -3.12. The van der Waals surface area contributed by atoms with Gasteiger partial charge in [-0.05, 0) is 154 Å². The van der Waals surface area contributed by atoms with E-state index in [0.29, 0.717) is 148 Å². The van der Waals surface area contributed by atoms with Gasteiger partial charge in [-0.15, -0.1) is 0 Å². The van der Waals surface area contributed by atoms with Gasteiger partial charge in [0.05, 0.1) is 6.26 Å². The Morgan fingerprint density at radius 1 is 0.446 bits per heavy atom. The lowest BCUT2D eigenvalue weighted by atomic mass is 9.96. The summed E-state index contributed by atoms with van der Waals surface area (Å²) >= 11 is 11.7. The third-order valence-electron chi connectivity index (χ3n) is 23.0. The highest BCUT2D eigenvalue weighted by atomic mass is 35.5. The molecule has 0 aromatic carbocycles. The molecule has 7 aromatic rings. The van der Waals surface area contributed by atoms with Crippen LogP contribution in [0.25, 0.3) is 33.5 Å². The maximum absolute atomic E-state index is 12.4. The number of sulfone groups is 1. The number of carbonyl (C=O) groups is 7. The number of fused-ring (bicyclic) bond motifs is 3. The third-order valence-corrected chi connectivity index (χ3v) is 24.8. The summed E-state index contributed by atoms with van der Waals surface area (Å²) in [6, 6.07) is 0.564. The summed E-state index contributed by atoms with van der Waals surface area (Å²) in [5, 5.41) is 10.6. The highest BCUT2D eigenvalue weighted by Gasteiger charge is 2.43. The Morgan fingerprint density at radius 3 is 1.12 bits per heavy atom. The van der Waals surface area contributed by atoms with Crippen molar-refractivity contribution in [3.8, 4) is 0 Å². The van der Waals surface area contributed by atoms with Crippen molar-refractivity contribution in [1.29, 1.82) is 0 Å². The normalized spacial score (nSPS) is 19.6. The number of anilines is 4. The van der Waals surface area contributed by atoms with Crippen LogP contribution in [0.15, 0.2) is 25.3 Å². The van der Waals surface area contributed by atoms with E-state index in [9.17, 15) is 50.4 Å². The van der Waals surface area contributed by atoms with Crippen molar-refractivity contribution >= 4 is 142 Å². The Bertz CT molecular complexity index is 5350. The van der Waals surface area contributed by atoms with E-state index < -0.39 is 36.7 Å². The predicted octanol–water partition coefficient (Wildman–Crippen LogP) is 8.49. The topological polar surface area (TPSA) is 483 Å². The van der Waals surface area contributed by atoms with Gasteiger partial charge in [-0.25, -0.2) is 90.3 Å². The molecule has 0 spiro atoms. The molecular weight excluding hydrogens is 1760 g/mol. The number of amides is 6. The van der Waals surface area contributed by atoms with Crippen molar-refractivity contribution in [3.63, 3.8) is 0 Å². The van der Waals surface area contributed by atoms with Gasteiger partial charge in [0.1, 0.15) is 86.9 Å². The Balaban J connectivity index is 0.000000156. The van der Waals surface area contributed by atoms with E-state index in [2.05, 4.69) is 95.3 Å². The van der Waals surface area contributed by atoms with Crippen LogP contribution in [0.5, 0.6) is 0 Å². The van der Waals surface area contributed by atoms with Crippen LogP contribution >= 0.6 is 23.2 Å². The number of hydrogen-bond acceptors (Lipinski definition) is 30. The first-order valence-corrected chi connectivity index (χ1v) is 50.1. The van der Waals surface area contributed by atoms with Gasteiger partial charge >= 0.3 is 18.3 Å². The lowest BCUT2D eigenvalue weighted by molar-refractivity contribution is -0.132. The van der Waals surface area contributed by atoms with Gasteiger partial charge in [0.2, 0.25) is 27.7 Å². The number of hydrogen-bond donors (Lipinski definition) is 5. The molecule has 7 saturated heterocycles. The SMILES string of the molecule is CC(C)(C)OC(=O)N1CC(CC=O)C1.CCNc1ncnc(Cl)c1N.CCn1c(CC2CN(C(=O)OC(C)(C)C)C2)nc2c(Cl)ncnc21.CCn1c(CC2CN(C(=O)OC(C)(C)C)C2)nc2c(N[C@H]3CCN(C(=O)C4CC4)C3)ncnc21.CCn1c(CC2CN(S(C)(=O)=O)C2)nc2c(N[C@H]3CCN(C(=O)C4CC4)C3)ncnc21.CS(C)(=O)=O.N[C@H]1CCN(C(=O)C2CC2)C1. The molecule has 0 unspecified atom stereocenters. The summed E-state index contributed by atoms with van der Waals surface area (Å²) in [4.78, 5) is 141. The largest absolute Gasteiger partial charge is 0.444 e. The fraction of sp³-hybridized carbons (Fsp3) is 0.698. The van der Waals surface area contributed by atoms with Gasteiger partial charge in [-0.2, -0.15) is 0 Å². The number of imidazole rings is 3. The Labute approximate surface area is 771 Å². The molecular formula is C86H132Cl2N26O14S2. The number of nitrogens with zero attached hydrogens (tertiary/aromatic N) is 21. The second kappa shape index (κ2) is 43.3. The highest BCUT2D eigenvalue weighted by molar-refractivity contribution is 7.90. The number of nitrogens with two attached hydrogens (primary N) is 2. The number of carbonyl (C=O) groups excluding carboxylic acids is 7. The molecule has 10 aliphatic rings. The molecule has 3 saturated carbocycles. The molecule has 40 nitrogen and oxygen atoms in total. The van der Waals surface area contributed by atoms with Crippen molar-refractivity contribution in [2.45, 2.75) is 228 Å². The summed E-state index contributed by atoms with van der Waals surface area (Å²) in [5.41, 5.74) is 14.8. The van der Waals surface area contributed by atoms with Gasteiger partial charge < -0.3 is 89.5 Å². The quantitative estimate of drug-likeness (QED) is 0.0255. The lowest BCUT2D eigenvalue weighted by Gasteiger charge is -2.39. The van der Waals surface area contributed by atoms with Crippen LogP contribution in [0.4, 0.5) is 37.5 Å². The number of aldehydes is 1. The predicted molar refractivity (Wildman–Crippen MR) is 495 cm³/mol. The maximum Gasteiger partial charge on any atom is 0.410 e. The van der Waals surface area contributed by atoms with Gasteiger partial charge in [0.25, 0.3) is 0 Å². The molecule has 7 N–H and O–H groups in total. The first kappa shape index (κ1) is 101. The van der Waals surface area contributed by atoms with Crippen LogP contribution in [0.1, 0.15) is 172 Å². The van der Waals surface area contributed by atoms with E-state index in [1.807, 2.05) is 83.9 Å². The summed E-state index contributed by atoms with van der Waals surface area (Å²) in [5.74, 6) is 7.94. The summed E-state index contributed by atoms with van der Waals surface area (Å²) in [7, 11) is -5.78. The molecule has 716 valence electrons. The van der Waals surface area contributed by atoms with Crippen molar-refractivity contribution in [2.24, 2.45) is 47.2 Å². The molecule has 7 aromatic heterocycles. The second-order valence-corrected chi connectivity index (χ2v) is 43.2.